The van der Waals surface area contributed by atoms with Gasteiger partial charge in [0.15, 0.2) is 0 Å². The van der Waals surface area contributed by atoms with Gasteiger partial charge < -0.3 is 38.7 Å². The van der Waals surface area contributed by atoms with E-state index in [4.69, 9.17) is 26.9 Å². The van der Waals surface area contributed by atoms with Gasteiger partial charge in [-0.2, -0.15) is 18.5 Å². The maximum atomic E-state index is 13.6. The summed E-state index contributed by atoms with van der Waals surface area (Å²) < 4.78 is 58.7. The third-order valence-corrected chi connectivity index (χ3v) is 8.52. The van der Waals surface area contributed by atoms with Gasteiger partial charge in [0.25, 0.3) is 0 Å². The van der Waals surface area contributed by atoms with E-state index in [1.165, 1.54) is 46.9 Å². The number of ether oxygens (including phenoxy) is 2. The molecule has 6 rings (SSSR count). The lowest BCUT2D eigenvalue weighted by Crippen LogP contribution is -2.48. The van der Waals surface area contributed by atoms with Gasteiger partial charge in [-0.1, -0.05) is 0 Å². The van der Waals surface area contributed by atoms with Crippen molar-refractivity contribution in [2.75, 3.05) is 26.2 Å². The van der Waals surface area contributed by atoms with Crippen LogP contribution in [0.1, 0.15) is 53.3 Å². The summed E-state index contributed by atoms with van der Waals surface area (Å²) in [5, 5.41) is 6.44. The molecule has 2 fully saturated rings. The number of aromatic nitrogens is 2. The Labute approximate surface area is 292 Å². The average Bonchev–Trinajstić information content (AvgIpc) is 3.83. The normalized spacial score (nSPS) is 23.3. The van der Waals surface area contributed by atoms with Crippen molar-refractivity contribution in [2.24, 2.45) is 0 Å². The van der Waals surface area contributed by atoms with Crippen LogP contribution in [0.4, 0.5) is 19.2 Å². The minimum Gasteiger partial charge on any atom is -0.445 e. The molecule has 0 aliphatic carbocycles. The van der Waals surface area contributed by atoms with Crippen molar-refractivity contribution >= 4 is 45.8 Å². The van der Waals surface area contributed by atoms with Crippen molar-refractivity contribution in [1.29, 1.82) is 0 Å². The Bertz CT molecular complexity index is 1710. The molecule has 21 heteroatoms. The molecule has 2 aromatic heterocycles. The molecule has 4 atom stereocenters. The minimum absolute atomic E-state index is 0.0210. The van der Waals surface area contributed by atoms with Crippen LogP contribution in [0.25, 0.3) is 11.1 Å². The zero-order valence-corrected chi connectivity index (χ0v) is 29.4. The molecule has 51 heavy (non-hydrogen) atoms. The monoisotopic (exact) mass is 734 g/mol. The van der Waals surface area contributed by atoms with Gasteiger partial charge in [0.1, 0.15) is 23.7 Å². The Morgan fingerprint density at radius 3 is 1.49 bits per heavy atom. The summed E-state index contributed by atoms with van der Waals surface area (Å²) in [4.78, 5) is 62.9. The fourth-order valence-electron chi connectivity index (χ4n) is 5.95. The van der Waals surface area contributed by atoms with E-state index in [0.29, 0.717) is 21.3 Å². The van der Waals surface area contributed by atoms with E-state index in [0.717, 1.165) is 0 Å². The molecule has 4 aliphatic heterocycles. The lowest BCUT2D eigenvalue weighted by atomic mass is 9.99. The smallest absolute Gasteiger partial charge is 0.442 e. The molecule has 2 aromatic rings. The van der Waals surface area contributed by atoms with E-state index in [1.54, 1.807) is 41.5 Å². The maximum Gasteiger partial charge on any atom is 0.442 e. The number of nitrogens with one attached hydrogen (secondary N) is 2. The Kier molecular flexibility index (Phi) is 9.23. The first-order chi connectivity index (χ1) is 23.9. The number of hydrogen-bond acceptors (Lipinski definition) is 14. The highest BCUT2D eigenvalue weighted by atomic mass is 32.3. The maximum absolute atomic E-state index is 13.6. The molecule has 4 bridgehead atoms. The van der Waals surface area contributed by atoms with Crippen LogP contribution in [-0.4, -0.2) is 124 Å². The molecular formula is C30H38N8O12S. The fraction of sp³-hybridized carbons (Fsp3) is 0.533. The number of urea groups is 2. The Morgan fingerprint density at radius 1 is 0.765 bits per heavy atom. The molecule has 6 amide bonds. The summed E-state index contributed by atoms with van der Waals surface area (Å²) in [6.07, 6.45) is 7.07. The highest BCUT2D eigenvalue weighted by Crippen LogP contribution is 2.37. The number of hydroxylamine groups is 4. The third-order valence-electron chi connectivity index (χ3n) is 7.83. The van der Waals surface area contributed by atoms with Crippen molar-refractivity contribution < 1.29 is 54.5 Å². The highest BCUT2D eigenvalue weighted by Gasteiger charge is 2.52. The largest absolute Gasteiger partial charge is 0.445 e. The Balaban J connectivity index is 1.18. The van der Waals surface area contributed by atoms with Gasteiger partial charge >= 0.3 is 34.6 Å². The fourth-order valence-corrected chi connectivity index (χ4v) is 6.72. The van der Waals surface area contributed by atoms with Gasteiger partial charge in [-0.15, -0.1) is 8.57 Å². The second-order valence-corrected chi connectivity index (χ2v) is 15.0. The summed E-state index contributed by atoms with van der Waals surface area (Å²) in [6.45, 7) is 9.91. The topological polar surface area (TPSA) is 228 Å². The van der Waals surface area contributed by atoms with Gasteiger partial charge in [-0.05, 0) is 53.7 Å². The number of nitrogens with zero attached hydrogens (tertiary/aromatic N) is 6. The zero-order chi connectivity index (χ0) is 36.9. The number of carbonyl (C=O) groups excluding carboxylic acids is 4. The number of amides is 6. The SMILES string of the molecule is CC(C)(C)OC(=O)NC[C@@H]1C(c2ncco2)=C[C@@H]2CN1C(=O)N2OS(=O)(=O)ON1C(=O)N2C[C@H]1C=C(c1ncco1)[C@H]2CNC(=O)OC(C)(C)C. The zero-order valence-electron chi connectivity index (χ0n) is 28.6. The van der Waals surface area contributed by atoms with E-state index < -0.39 is 70.0 Å². The predicted octanol–water partition coefficient (Wildman–Crippen LogP) is 2.26. The first kappa shape index (κ1) is 35.7. The Morgan fingerprint density at radius 2 is 1.16 bits per heavy atom. The van der Waals surface area contributed by atoms with E-state index >= 15 is 0 Å². The highest BCUT2D eigenvalue weighted by molar-refractivity contribution is 7.81. The van der Waals surface area contributed by atoms with Crippen LogP contribution in [0.5, 0.6) is 0 Å². The quantitative estimate of drug-likeness (QED) is 0.357. The summed E-state index contributed by atoms with van der Waals surface area (Å²) in [7, 11) is -5.12. The van der Waals surface area contributed by atoms with Crippen LogP contribution in [0.2, 0.25) is 0 Å². The van der Waals surface area contributed by atoms with Gasteiger partial charge in [-0.25, -0.2) is 29.1 Å². The molecular weight excluding hydrogens is 696 g/mol. The number of rotatable bonds is 10. The standard InChI is InChI=1S/C30H38N8O12S/c1-29(2,3)47-25(39)33-13-21-19(23-31-7-9-45-23)11-17-15-35(21)27(41)37(17)49-51(43,44)50-38-18-12-20(24-32-8-10-46-24)22(36(16-18)28(38)42)14-34-26(40)48-30(4,5)6/h7-12,17-18,21-22H,13-16H2,1-6H3,(H,33,39)(H,34,40)/t17-,18-,21-,22-/m1/s1. The van der Waals surface area contributed by atoms with Crippen molar-refractivity contribution in [3.8, 4) is 0 Å². The molecule has 2 saturated heterocycles. The number of hydrogen-bond donors (Lipinski definition) is 2. The van der Waals surface area contributed by atoms with E-state index in [-0.39, 0.29) is 38.0 Å². The van der Waals surface area contributed by atoms with Gasteiger partial charge in [0.2, 0.25) is 11.8 Å². The average molecular weight is 735 g/mol. The van der Waals surface area contributed by atoms with Crippen molar-refractivity contribution in [1.82, 2.24) is 40.5 Å². The van der Waals surface area contributed by atoms with Crippen molar-refractivity contribution in [3.63, 3.8) is 0 Å². The van der Waals surface area contributed by atoms with Crippen LogP contribution >= 0.6 is 0 Å². The molecule has 20 nitrogen and oxygen atoms in total. The summed E-state index contributed by atoms with van der Waals surface area (Å²) in [6, 6.07) is -5.31. The molecule has 0 radical (unpaired) electrons. The van der Waals surface area contributed by atoms with Crippen LogP contribution in [0.15, 0.2) is 45.9 Å². The number of carbonyl (C=O) groups is 4. The first-order valence-corrected chi connectivity index (χ1v) is 17.2. The number of fused-ring (bicyclic) bond motifs is 4. The summed E-state index contributed by atoms with van der Waals surface area (Å²) >= 11 is 0. The third kappa shape index (κ3) is 7.78. The lowest BCUT2D eigenvalue weighted by molar-refractivity contribution is -0.0725. The lowest BCUT2D eigenvalue weighted by Gasteiger charge is -2.30. The molecule has 0 saturated carbocycles. The number of oxazole rings is 2. The molecule has 0 spiro atoms. The Hall–Kier alpha value is -5.15. The van der Waals surface area contributed by atoms with E-state index in [9.17, 15) is 27.6 Å². The van der Waals surface area contributed by atoms with Crippen molar-refractivity contribution in [2.45, 2.75) is 76.9 Å². The molecule has 276 valence electrons. The molecule has 0 unspecified atom stereocenters. The van der Waals surface area contributed by atoms with Crippen LogP contribution in [-0.2, 0) is 28.4 Å². The van der Waals surface area contributed by atoms with Crippen LogP contribution in [0, 0.1) is 0 Å². The summed E-state index contributed by atoms with van der Waals surface area (Å²) in [5.74, 6) is 0.283. The molecule has 4 aliphatic rings. The van der Waals surface area contributed by atoms with E-state index in [1.807, 2.05) is 0 Å². The number of alkyl carbamates (subject to hydrolysis) is 2. The second kappa shape index (κ2) is 13.2. The molecule has 0 aromatic carbocycles. The molecule has 6 heterocycles. The van der Waals surface area contributed by atoms with Gasteiger partial charge in [0.05, 0.1) is 36.6 Å². The summed E-state index contributed by atoms with van der Waals surface area (Å²) in [5.41, 5.74) is -0.779. The predicted molar refractivity (Wildman–Crippen MR) is 172 cm³/mol. The van der Waals surface area contributed by atoms with E-state index in [2.05, 4.69) is 20.6 Å². The van der Waals surface area contributed by atoms with Crippen molar-refractivity contribution in [3.05, 3.63) is 48.9 Å². The first-order valence-electron chi connectivity index (χ1n) is 15.9. The molecule has 2 N–H and O–H groups in total. The minimum atomic E-state index is -5.12. The van der Waals surface area contributed by atoms with Gasteiger partial charge in [-0.3, -0.25) is 0 Å². The van der Waals surface area contributed by atoms with Crippen LogP contribution in [0.3, 0.4) is 0 Å². The van der Waals surface area contributed by atoms with Crippen LogP contribution < -0.4 is 10.6 Å². The second-order valence-electron chi connectivity index (χ2n) is 13.9. The van der Waals surface area contributed by atoms with Gasteiger partial charge in [0, 0.05) is 37.3 Å².